The first-order chi connectivity index (χ1) is 5.38. The van der Waals surface area contributed by atoms with Crippen molar-refractivity contribution in [1.29, 1.82) is 0 Å². The molecule has 0 saturated heterocycles. The maximum absolute atomic E-state index is 5.77. The van der Waals surface area contributed by atoms with Crippen LogP contribution in [0.5, 0.6) is 0 Å². The molecule has 3 heteroatoms. The summed E-state index contributed by atoms with van der Waals surface area (Å²) in [7, 11) is 7.47. The molecule has 11 heavy (non-hydrogen) atoms. The molecule has 0 N–H and O–H groups in total. The summed E-state index contributed by atoms with van der Waals surface area (Å²) in [6.45, 7) is 0.657. The molecule has 60 valence electrons. The number of methoxy groups -OCH3 is 1. The third kappa shape index (κ3) is 2.49. The van der Waals surface area contributed by atoms with Crippen LogP contribution in [-0.4, -0.2) is 21.2 Å². The molecule has 0 aliphatic heterocycles. The van der Waals surface area contributed by atoms with Gasteiger partial charge in [0.2, 0.25) is 0 Å². The van der Waals surface area contributed by atoms with Crippen LogP contribution in [0.15, 0.2) is 24.3 Å². The third-order valence-corrected chi connectivity index (χ3v) is 3.40. The second-order valence-electron chi connectivity index (χ2n) is 2.12. The minimum absolute atomic E-state index is 0.0507. The van der Waals surface area contributed by atoms with Crippen molar-refractivity contribution in [2.24, 2.45) is 0 Å². The summed E-state index contributed by atoms with van der Waals surface area (Å²) in [6.07, 6.45) is 0. The van der Waals surface area contributed by atoms with Gasteiger partial charge in [0.15, 0.2) is 0 Å². The molecule has 0 amide bonds. The SMILES string of the molecule is COCc1ccccc1[Se]Cl. The summed E-state index contributed by atoms with van der Waals surface area (Å²) in [5, 5.41) is 0. The first-order valence-corrected chi connectivity index (χ1v) is 6.34. The van der Waals surface area contributed by atoms with Gasteiger partial charge < -0.3 is 0 Å². The normalized spacial score (nSPS) is 10.0. The van der Waals surface area contributed by atoms with Crippen LogP contribution in [0.2, 0.25) is 0 Å². The van der Waals surface area contributed by atoms with Crippen molar-refractivity contribution in [3.63, 3.8) is 0 Å². The molecule has 0 spiro atoms. The molecular weight excluding hydrogens is 226 g/mol. The fraction of sp³-hybridized carbons (Fsp3) is 0.250. The Balaban J connectivity index is 2.83. The van der Waals surface area contributed by atoms with Gasteiger partial charge >= 0.3 is 76.9 Å². The van der Waals surface area contributed by atoms with Gasteiger partial charge in [0, 0.05) is 0 Å². The van der Waals surface area contributed by atoms with Crippen LogP contribution in [0.25, 0.3) is 0 Å². The van der Waals surface area contributed by atoms with Gasteiger partial charge in [-0.25, -0.2) is 0 Å². The zero-order chi connectivity index (χ0) is 8.10. The summed E-state index contributed by atoms with van der Waals surface area (Å²) >= 11 is 0.0507. The van der Waals surface area contributed by atoms with Crippen LogP contribution >= 0.6 is 10.1 Å². The molecule has 0 bridgehead atoms. The van der Waals surface area contributed by atoms with Crippen molar-refractivity contribution in [2.75, 3.05) is 7.11 Å². The molecule has 0 radical (unpaired) electrons. The second kappa shape index (κ2) is 4.78. The molecule has 0 heterocycles. The Morgan fingerprint density at radius 2 is 2.18 bits per heavy atom. The fourth-order valence-electron chi connectivity index (χ4n) is 0.854. The third-order valence-electron chi connectivity index (χ3n) is 1.36. The Bertz CT molecular complexity index is 227. The van der Waals surface area contributed by atoms with Gasteiger partial charge in [-0.2, -0.15) is 0 Å². The number of ether oxygens (including phenoxy) is 1. The van der Waals surface area contributed by atoms with Crippen LogP contribution < -0.4 is 4.46 Å². The van der Waals surface area contributed by atoms with Gasteiger partial charge in [-0.3, -0.25) is 0 Å². The molecule has 1 aromatic carbocycles. The summed E-state index contributed by atoms with van der Waals surface area (Å²) < 4.78 is 6.23. The van der Waals surface area contributed by atoms with Gasteiger partial charge in [-0.05, 0) is 0 Å². The first-order valence-electron chi connectivity index (χ1n) is 3.24. The van der Waals surface area contributed by atoms with E-state index in [1.807, 2.05) is 24.3 Å². The monoisotopic (exact) mass is 236 g/mol. The number of halogens is 1. The van der Waals surface area contributed by atoms with Gasteiger partial charge in [0.25, 0.3) is 0 Å². The standard InChI is InChI=1S/C8H9ClOSe/c1-10-6-7-4-2-3-5-8(7)11-9/h2-5H,6H2,1H3. The van der Waals surface area contributed by atoms with Gasteiger partial charge in [-0.15, -0.1) is 0 Å². The van der Waals surface area contributed by atoms with Crippen LogP contribution in [0.1, 0.15) is 5.56 Å². The topological polar surface area (TPSA) is 9.23 Å². The Morgan fingerprint density at radius 3 is 2.82 bits per heavy atom. The Morgan fingerprint density at radius 1 is 1.45 bits per heavy atom. The molecule has 1 aromatic rings. The van der Waals surface area contributed by atoms with E-state index in [9.17, 15) is 0 Å². The second-order valence-corrected chi connectivity index (χ2v) is 4.17. The van der Waals surface area contributed by atoms with E-state index in [2.05, 4.69) is 0 Å². The number of hydrogen-bond acceptors (Lipinski definition) is 1. The average molecular weight is 236 g/mol. The van der Waals surface area contributed by atoms with Gasteiger partial charge in [0.1, 0.15) is 0 Å². The van der Waals surface area contributed by atoms with E-state index in [0.717, 1.165) is 0 Å². The summed E-state index contributed by atoms with van der Waals surface area (Å²) in [4.78, 5) is 0. The maximum atomic E-state index is 5.77. The predicted molar refractivity (Wildman–Crippen MR) is 48.4 cm³/mol. The average Bonchev–Trinajstić information content (AvgIpc) is 2.06. The quantitative estimate of drug-likeness (QED) is 0.718. The van der Waals surface area contributed by atoms with Crippen LogP contribution in [0.4, 0.5) is 0 Å². The summed E-state index contributed by atoms with van der Waals surface area (Å²) in [6, 6.07) is 8.09. The molecule has 0 saturated carbocycles. The van der Waals surface area contributed by atoms with Crippen LogP contribution in [-0.2, 0) is 11.3 Å². The van der Waals surface area contributed by atoms with E-state index < -0.39 is 0 Å². The predicted octanol–water partition coefficient (Wildman–Crippen LogP) is 1.32. The summed E-state index contributed by atoms with van der Waals surface area (Å²) in [5.41, 5.74) is 1.20. The van der Waals surface area contributed by atoms with E-state index in [1.165, 1.54) is 10.0 Å². The van der Waals surface area contributed by atoms with Crippen molar-refractivity contribution in [3.05, 3.63) is 29.8 Å². The molecule has 0 aliphatic carbocycles. The van der Waals surface area contributed by atoms with E-state index in [4.69, 9.17) is 14.8 Å². The first kappa shape index (κ1) is 9.08. The van der Waals surface area contributed by atoms with Gasteiger partial charge in [0.05, 0.1) is 0 Å². The van der Waals surface area contributed by atoms with E-state index in [-0.39, 0.29) is 14.0 Å². The van der Waals surface area contributed by atoms with Crippen molar-refractivity contribution >= 4 is 28.6 Å². The Labute approximate surface area is 77.1 Å². The molecule has 0 fully saturated rings. The van der Waals surface area contributed by atoms with Crippen molar-refractivity contribution < 1.29 is 4.74 Å². The van der Waals surface area contributed by atoms with Crippen molar-refractivity contribution in [2.45, 2.75) is 6.61 Å². The molecule has 0 atom stereocenters. The molecule has 1 rings (SSSR count). The van der Waals surface area contributed by atoms with Crippen molar-refractivity contribution in [3.8, 4) is 0 Å². The molecule has 0 aromatic heterocycles. The number of benzene rings is 1. The van der Waals surface area contributed by atoms with Crippen LogP contribution in [0.3, 0.4) is 0 Å². The van der Waals surface area contributed by atoms with E-state index in [0.29, 0.717) is 6.61 Å². The van der Waals surface area contributed by atoms with Gasteiger partial charge in [-0.1, -0.05) is 0 Å². The Hall–Kier alpha value is -0.0105. The zero-order valence-electron chi connectivity index (χ0n) is 6.21. The molecule has 0 aliphatic rings. The minimum atomic E-state index is 0.0507. The number of rotatable bonds is 3. The van der Waals surface area contributed by atoms with E-state index >= 15 is 0 Å². The van der Waals surface area contributed by atoms with Crippen LogP contribution in [0, 0.1) is 0 Å². The fourth-order valence-corrected chi connectivity index (χ4v) is 2.38. The Kier molecular flexibility index (Phi) is 3.95. The number of hydrogen-bond donors (Lipinski definition) is 0. The molecule has 1 nitrogen and oxygen atoms in total. The molecule has 0 unspecified atom stereocenters. The molecular formula is C8H9ClOSe. The van der Waals surface area contributed by atoms with E-state index in [1.54, 1.807) is 7.11 Å². The van der Waals surface area contributed by atoms with Crippen molar-refractivity contribution in [1.82, 2.24) is 0 Å². The zero-order valence-corrected chi connectivity index (χ0v) is 8.68. The summed E-state index contributed by atoms with van der Waals surface area (Å²) in [5.74, 6) is 0.